The predicted octanol–water partition coefficient (Wildman–Crippen LogP) is -1.26. The van der Waals surface area contributed by atoms with Crippen LogP contribution in [0.3, 0.4) is 0 Å². The Labute approximate surface area is 269 Å². The highest BCUT2D eigenvalue weighted by Crippen LogP contribution is 2.34. The SMILES string of the molecule is CC(=O)N[C@@H]1[C@H](OC(C)=O)O[C@H](COC(C)=O)[C@@H](O[C@@H]2O[C@H](COC(C)=O)[C@H](OC(C)=O)[C@H](OC(C)=O)[C@@H]2OC(C)=O)[C@H]1OC(C)=O. The van der Waals surface area contributed by atoms with Crippen LogP contribution in [0.15, 0.2) is 0 Å². The van der Waals surface area contributed by atoms with Gasteiger partial charge in [-0.3, -0.25) is 38.4 Å². The summed E-state index contributed by atoms with van der Waals surface area (Å²) < 4.78 is 55.2. The van der Waals surface area contributed by atoms with Gasteiger partial charge in [0.2, 0.25) is 12.2 Å². The van der Waals surface area contributed by atoms with Crippen LogP contribution in [0.2, 0.25) is 0 Å². The molecule has 264 valence electrons. The number of hydrogen-bond acceptors (Lipinski definition) is 18. The van der Waals surface area contributed by atoms with Crippen molar-refractivity contribution in [3.8, 4) is 0 Å². The molecule has 0 spiro atoms. The zero-order chi connectivity index (χ0) is 35.6. The first-order chi connectivity index (χ1) is 21.9. The lowest BCUT2D eigenvalue weighted by atomic mass is 9.94. The number of amides is 1. The number of carbonyl (C=O) groups excluding carboxylic acids is 8. The van der Waals surface area contributed by atoms with Crippen molar-refractivity contribution in [2.24, 2.45) is 0 Å². The fourth-order valence-corrected chi connectivity index (χ4v) is 4.84. The van der Waals surface area contributed by atoms with Gasteiger partial charge < -0.3 is 52.7 Å². The number of carbonyl (C=O) groups is 8. The third kappa shape index (κ3) is 12.1. The van der Waals surface area contributed by atoms with Gasteiger partial charge in [0.25, 0.3) is 0 Å². The zero-order valence-electron chi connectivity index (χ0n) is 27.0. The molecular weight excluding hydrogens is 638 g/mol. The van der Waals surface area contributed by atoms with Crippen molar-refractivity contribution < 1.29 is 85.7 Å². The van der Waals surface area contributed by atoms with Gasteiger partial charge in [0, 0.05) is 55.4 Å². The van der Waals surface area contributed by atoms with Crippen LogP contribution in [0.1, 0.15) is 55.4 Å². The van der Waals surface area contributed by atoms with Gasteiger partial charge in [0.15, 0.2) is 30.7 Å². The Morgan fingerprint density at radius 1 is 0.468 bits per heavy atom. The second-order valence-electron chi connectivity index (χ2n) is 10.4. The molecule has 0 bridgehead atoms. The molecule has 1 amide bonds. The van der Waals surface area contributed by atoms with E-state index >= 15 is 0 Å². The molecule has 19 nitrogen and oxygen atoms in total. The number of nitrogens with one attached hydrogen (secondary N) is 1. The second-order valence-corrected chi connectivity index (χ2v) is 10.4. The number of rotatable bonds is 12. The van der Waals surface area contributed by atoms with Crippen LogP contribution < -0.4 is 5.32 Å². The van der Waals surface area contributed by atoms with Gasteiger partial charge in [-0.2, -0.15) is 0 Å². The molecule has 2 heterocycles. The lowest BCUT2D eigenvalue weighted by Gasteiger charge is -2.48. The predicted molar refractivity (Wildman–Crippen MR) is 147 cm³/mol. The fraction of sp³-hybridized carbons (Fsp3) is 0.714. The van der Waals surface area contributed by atoms with Gasteiger partial charge in [0.05, 0.1) is 0 Å². The highest BCUT2D eigenvalue weighted by Gasteiger charge is 2.57. The Balaban J connectivity index is 2.73. The van der Waals surface area contributed by atoms with Gasteiger partial charge in [-0.15, -0.1) is 0 Å². The van der Waals surface area contributed by atoms with Crippen molar-refractivity contribution in [3.63, 3.8) is 0 Å². The number of hydrogen-bond donors (Lipinski definition) is 1. The maximum Gasteiger partial charge on any atom is 0.305 e. The van der Waals surface area contributed by atoms with Crippen LogP contribution in [-0.4, -0.2) is 122 Å². The van der Waals surface area contributed by atoms with E-state index in [0.29, 0.717) is 0 Å². The Morgan fingerprint density at radius 2 is 0.872 bits per heavy atom. The van der Waals surface area contributed by atoms with E-state index < -0.39 is 122 Å². The first-order valence-electron chi connectivity index (χ1n) is 14.3. The highest BCUT2D eigenvalue weighted by atomic mass is 16.8. The summed E-state index contributed by atoms with van der Waals surface area (Å²) in [6, 6.07) is -1.43. The Bertz CT molecular complexity index is 1200. The zero-order valence-corrected chi connectivity index (χ0v) is 27.0. The topological polar surface area (TPSA) is 241 Å². The molecule has 0 unspecified atom stereocenters. The minimum Gasteiger partial charge on any atom is -0.463 e. The van der Waals surface area contributed by atoms with Crippen LogP contribution in [0.4, 0.5) is 0 Å². The average molecular weight is 678 g/mol. The Hall–Kier alpha value is -4.36. The monoisotopic (exact) mass is 677 g/mol. The smallest absolute Gasteiger partial charge is 0.305 e. The minimum atomic E-state index is -1.80. The molecule has 47 heavy (non-hydrogen) atoms. The highest BCUT2D eigenvalue weighted by molar-refractivity contribution is 5.74. The lowest BCUT2D eigenvalue weighted by Crippen LogP contribution is -2.69. The average Bonchev–Trinajstić information content (AvgIpc) is 2.91. The summed E-state index contributed by atoms with van der Waals surface area (Å²) in [6.07, 6.45) is -14.2. The van der Waals surface area contributed by atoms with E-state index in [0.717, 1.165) is 55.4 Å². The molecule has 0 aromatic heterocycles. The van der Waals surface area contributed by atoms with Crippen LogP contribution in [0.5, 0.6) is 0 Å². The van der Waals surface area contributed by atoms with Crippen molar-refractivity contribution in [3.05, 3.63) is 0 Å². The van der Waals surface area contributed by atoms with Crippen LogP contribution >= 0.6 is 0 Å². The van der Waals surface area contributed by atoms with Gasteiger partial charge in [-0.1, -0.05) is 0 Å². The van der Waals surface area contributed by atoms with Crippen LogP contribution in [0.25, 0.3) is 0 Å². The van der Waals surface area contributed by atoms with Gasteiger partial charge >= 0.3 is 41.8 Å². The van der Waals surface area contributed by atoms with E-state index in [2.05, 4.69) is 5.32 Å². The summed E-state index contributed by atoms with van der Waals surface area (Å²) in [6.45, 7) is 7.30. The molecule has 2 rings (SSSR count). The molecule has 0 aliphatic carbocycles. The van der Waals surface area contributed by atoms with Crippen molar-refractivity contribution in [2.45, 2.75) is 117 Å². The van der Waals surface area contributed by atoms with E-state index in [-0.39, 0.29) is 0 Å². The largest absolute Gasteiger partial charge is 0.463 e. The summed E-state index contributed by atoms with van der Waals surface area (Å²) in [5.74, 6) is -6.64. The van der Waals surface area contributed by atoms with Crippen LogP contribution in [0, 0.1) is 0 Å². The molecule has 2 aliphatic heterocycles. The molecule has 0 radical (unpaired) electrons. The van der Waals surface area contributed by atoms with Crippen molar-refractivity contribution in [1.29, 1.82) is 0 Å². The number of ether oxygens (including phenoxy) is 10. The molecule has 2 saturated heterocycles. The molecule has 0 aromatic rings. The minimum absolute atomic E-state index is 0.577. The standard InChI is InChI=1S/C28H39NO18/c1-11(30)29-21-24(41-15(5)34)22(19(9-38-12(2)31)45-27(21)44-18(8)37)47-28-26(43-17(7)36)25(42-16(6)35)23(40-14(4)33)20(46-28)10-39-13(3)32/h19-28H,9-10H2,1-8H3,(H,29,30)/t19-,20-,21+,22-,23+,24+,25+,26+,27-,28+/m1/s1. The molecule has 1 N–H and O–H groups in total. The van der Waals surface area contributed by atoms with E-state index in [1.807, 2.05) is 0 Å². The third-order valence-electron chi connectivity index (χ3n) is 6.29. The summed E-state index contributed by atoms with van der Waals surface area (Å²) in [4.78, 5) is 96.5. The van der Waals surface area contributed by atoms with E-state index in [4.69, 9.17) is 47.4 Å². The maximum absolute atomic E-state index is 12.3. The second kappa shape index (κ2) is 17.5. The van der Waals surface area contributed by atoms with E-state index in [9.17, 15) is 38.4 Å². The molecular formula is C28H39NO18. The third-order valence-corrected chi connectivity index (χ3v) is 6.29. The molecule has 0 saturated carbocycles. The van der Waals surface area contributed by atoms with Crippen molar-refractivity contribution >= 4 is 47.7 Å². The maximum atomic E-state index is 12.3. The van der Waals surface area contributed by atoms with Crippen molar-refractivity contribution in [1.82, 2.24) is 5.32 Å². The Morgan fingerprint density at radius 3 is 1.32 bits per heavy atom. The number of esters is 7. The summed E-state index contributed by atoms with van der Waals surface area (Å²) in [5, 5.41) is 2.48. The summed E-state index contributed by atoms with van der Waals surface area (Å²) in [7, 11) is 0. The molecule has 2 fully saturated rings. The first-order valence-corrected chi connectivity index (χ1v) is 14.3. The Kier molecular flexibility index (Phi) is 14.5. The van der Waals surface area contributed by atoms with Gasteiger partial charge in [-0.05, 0) is 0 Å². The quantitative estimate of drug-likeness (QED) is 0.187. The summed E-state index contributed by atoms with van der Waals surface area (Å²) >= 11 is 0. The fourth-order valence-electron chi connectivity index (χ4n) is 4.84. The van der Waals surface area contributed by atoms with Gasteiger partial charge in [0.1, 0.15) is 37.6 Å². The summed E-state index contributed by atoms with van der Waals surface area (Å²) in [5.41, 5.74) is 0. The molecule has 19 heteroatoms. The normalized spacial score (nSPS) is 30.0. The lowest BCUT2D eigenvalue weighted by molar-refractivity contribution is -0.348. The van der Waals surface area contributed by atoms with E-state index in [1.165, 1.54) is 0 Å². The van der Waals surface area contributed by atoms with E-state index in [1.54, 1.807) is 0 Å². The van der Waals surface area contributed by atoms with Gasteiger partial charge in [-0.25, -0.2) is 0 Å². The first kappa shape index (κ1) is 38.8. The van der Waals surface area contributed by atoms with Crippen LogP contribution in [-0.2, 0) is 85.7 Å². The van der Waals surface area contributed by atoms with Crippen molar-refractivity contribution in [2.75, 3.05) is 13.2 Å². The molecule has 2 aliphatic rings. The molecule has 0 aromatic carbocycles. The molecule has 10 atom stereocenters.